The van der Waals surface area contributed by atoms with E-state index in [1.54, 1.807) is 0 Å². The van der Waals surface area contributed by atoms with Crippen LogP contribution in [0.5, 0.6) is 0 Å². The van der Waals surface area contributed by atoms with Crippen molar-refractivity contribution in [3.05, 3.63) is 0 Å². The maximum Gasteiger partial charge on any atom is 0.305 e. The summed E-state index contributed by atoms with van der Waals surface area (Å²) in [5.74, 6) is -0.830. The molecule has 1 unspecified atom stereocenters. The first-order valence-electron chi connectivity index (χ1n) is 5.59. The molecular weight excluding hydrogens is 212 g/mol. The number of hydrogen-bond acceptors (Lipinski definition) is 5. The molecule has 5 heteroatoms. The van der Waals surface area contributed by atoms with E-state index in [9.17, 15) is 9.59 Å². The Balaban J connectivity index is 3.50. The van der Waals surface area contributed by atoms with Crippen LogP contribution in [0.2, 0.25) is 0 Å². The van der Waals surface area contributed by atoms with Crippen molar-refractivity contribution in [3.8, 4) is 0 Å². The van der Waals surface area contributed by atoms with Crippen LogP contribution in [0.3, 0.4) is 0 Å². The van der Waals surface area contributed by atoms with E-state index < -0.39 is 18.5 Å². The SMILES string of the molecule is CCCCCC(=O)OCCC(=O)C(O)CO. The van der Waals surface area contributed by atoms with Crippen molar-refractivity contribution in [2.45, 2.75) is 45.1 Å². The number of ketones is 1. The summed E-state index contributed by atoms with van der Waals surface area (Å²) in [6, 6.07) is 0. The number of ether oxygens (including phenoxy) is 1. The molecule has 0 aromatic carbocycles. The van der Waals surface area contributed by atoms with Crippen LogP contribution in [-0.4, -0.2) is 41.3 Å². The Bertz CT molecular complexity index is 214. The average molecular weight is 232 g/mol. The van der Waals surface area contributed by atoms with Crippen molar-refractivity contribution in [2.24, 2.45) is 0 Å². The van der Waals surface area contributed by atoms with Gasteiger partial charge in [-0.2, -0.15) is 0 Å². The molecule has 94 valence electrons. The molecular formula is C11H20O5. The van der Waals surface area contributed by atoms with E-state index in [1.807, 2.05) is 6.92 Å². The first kappa shape index (κ1) is 15.1. The Kier molecular flexibility index (Phi) is 8.75. The molecule has 0 saturated carbocycles. The lowest BCUT2D eigenvalue weighted by atomic mass is 10.2. The van der Waals surface area contributed by atoms with Crippen molar-refractivity contribution >= 4 is 11.8 Å². The molecule has 0 bridgehead atoms. The summed E-state index contributed by atoms with van der Waals surface area (Å²) in [7, 11) is 0. The standard InChI is InChI=1S/C11H20O5/c1-2-3-4-5-11(15)16-7-6-9(13)10(14)8-12/h10,12,14H,2-8H2,1H3. The monoisotopic (exact) mass is 232 g/mol. The van der Waals surface area contributed by atoms with Gasteiger partial charge >= 0.3 is 5.97 Å². The number of esters is 1. The largest absolute Gasteiger partial charge is 0.465 e. The van der Waals surface area contributed by atoms with Gasteiger partial charge in [0.25, 0.3) is 0 Å². The Morgan fingerprint density at radius 1 is 1.25 bits per heavy atom. The second-order valence-electron chi connectivity index (χ2n) is 3.59. The zero-order valence-electron chi connectivity index (χ0n) is 9.65. The molecule has 0 fully saturated rings. The molecule has 0 heterocycles. The van der Waals surface area contributed by atoms with Crippen LogP contribution in [0.1, 0.15) is 39.0 Å². The van der Waals surface area contributed by atoms with Gasteiger partial charge in [0.05, 0.1) is 13.2 Å². The van der Waals surface area contributed by atoms with E-state index in [1.165, 1.54) is 0 Å². The van der Waals surface area contributed by atoms with Gasteiger partial charge in [0.1, 0.15) is 6.10 Å². The molecule has 0 radical (unpaired) electrons. The van der Waals surface area contributed by atoms with Gasteiger partial charge in [-0.05, 0) is 6.42 Å². The third-order valence-electron chi connectivity index (χ3n) is 2.14. The van der Waals surface area contributed by atoms with Crippen LogP contribution in [0, 0.1) is 0 Å². The van der Waals surface area contributed by atoms with Crippen LogP contribution in [0.15, 0.2) is 0 Å². The zero-order chi connectivity index (χ0) is 12.4. The highest BCUT2D eigenvalue weighted by atomic mass is 16.5. The van der Waals surface area contributed by atoms with Crippen LogP contribution >= 0.6 is 0 Å². The predicted octanol–water partition coefficient (Wildman–Crippen LogP) is 0.422. The lowest BCUT2D eigenvalue weighted by molar-refractivity contribution is -0.145. The molecule has 0 aliphatic carbocycles. The smallest absolute Gasteiger partial charge is 0.305 e. The Morgan fingerprint density at radius 2 is 1.94 bits per heavy atom. The van der Waals surface area contributed by atoms with Crippen molar-refractivity contribution in [1.82, 2.24) is 0 Å². The maximum absolute atomic E-state index is 11.1. The average Bonchev–Trinajstić information content (AvgIpc) is 2.28. The van der Waals surface area contributed by atoms with Crippen LogP contribution in [-0.2, 0) is 14.3 Å². The van der Waals surface area contributed by atoms with Gasteiger partial charge in [-0.15, -0.1) is 0 Å². The summed E-state index contributed by atoms with van der Waals surface area (Å²) in [6.45, 7) is 1.42. The van der Waals surface area contributed by atoms with Gasteiger partial charge in [-0.1, -0.05) is 19.8 Å². The molecule has 0 aliphatic heterocycles. The molecule has 0 amide bonds. The Hall–Kier alpha value is -0.940. The van der Waals surface area contributed by atoms with Gasteiger partial charge in [-0.3, -0.25) is 9.59 Å². The van der Waals surface area contributed by atoms with Crippen LogP contribution in [0.4, 0.5) is 0 Å². The highest BCUT2D eigenvalue weighted by molar-refractivity contribution is 5.83. The van der Waals surface area contributed by atoms with E-state index >= 15 is 0 Å². The number of carbonyl (C=O) groups is 2. The minimum absolute atomic E-state index is 0.0269. The number of hydrogen-bond donors (Lipinski definition) is 2. The van der Waals surface area contributed by atoms with E-state index in [4.69, 9.17) is 14.9 Å². The number of unbranched alkanes of at least 4 members (excludes halogenated alkanes) is 2. The molecule has 0 aromatic heterocycles. The normalized spacial score (nSPS) is 12.2. The fourth-order valence-corrected chi connectivity index (χ4v) is 1.13. The third-order valence-corrected chi connectivity index (χ3v) is 2.14. The molecule has 0 aromatic rings. The number of rotatable bonds is 9. The Labute approximate surface area is 95.4 Å². The molecule has 5 nitrogen and oxygen atoms in total. The Morgan fingerprint density at radius 3 is 2.50 bits per heavy atom. The van der Waals surface area contributed by atoms with Crippen molar-refractivity contribution in [2.75, 3.05) is 13.2 Å². The van der Waals surface area contributed by atoms with Gasteiger partial charge in [-0.25, -0.2) is 0 Å². The molecule has 0 saturated heterocycles. The minimum atomic E-state index is -1.36. The number of aliphatic hydroxyl groups excluding tert-OH is 2. The first-order valence-corrected chi connectivity index (χ1v) is 5.59. The molecule has 0 rings (SSSR count). The number of carbonyl (C=O) groups excluding carboxylic acids is 2. The van der Waals surface area contributed by atoms with E-state index in [0.717, 1.165) is 19.3 Å². The summed E-state index contributed by atoms with van der Waals surface area (Å²) in [4.78, 5) is 22.1. The highest BCUT2D eigenvalue weighted by Crippen LogP contribution is 2.01. The van der Waals surface area contributed by atoms with E-state index in [2.05, 4.69) is 0 Å². The summed E-state index contributed by atoms with van der Waals surface area (Å²) in [5, 5.41) is 17.4. The second kappa shape index (κ2) is 9.30. The van der Waals surface area contributed by atoms with Gasteiger partial charge in [0.2, 0.25) is 0 Å². The summed E-state index contributed by atoms with van der Waals surface area (Å²) in [5.41, 5.74) is 0. The van der Waals surface area contributed by atoms with Gasteiger partial charge < -0.3 is 14.9 Å². The maximum atomic E-state index is 11.1. The third kappa shape index (κ3) is 7.36. The fourth-order valence-electron chi connectivity index (χ4n) is 1.13. The fraction of sp³-hybridized carbons (Fsp3) is 0.818. The molecule has 0 aliphatic rings. The summed E-state index contributed by atoms with van der Waals surface area (Å²) >= 11 is 0. The number of Topliss-reactive ketones (excluding diaryl/α,β-unsaturated/α-hetero) is 1. The van der Waals surface area contributed by atoms with Crippen molar-refractivity contribution in [3.63, 3.8) is 0 Å². The molecule has 0 spiro atoms. The summed E-state index contributed by atoms with van der Waals surface area (Å²) < 4.78 is 4.80. The van der Waals surface area contributed by atoms with Crippen molar-refractivity contribution in [1.29, 1.82) is 0 Å². The van der Waals surface area contributed by atoms with Gasteiger partial charge in [0.15, 0.2) is 5.78 Å². The quantitative estimate of drug-likeness (QED) is 0.444. The van der Waals surface area contributed by atoms with Crippen LogP contribution in [0.25, 0.3) is 0 Å². The lowest BCUT2D eigenvalue weighted by Crippen LogP contribution is -2.25. The molecule has 2 N–H and O–H groups in total. The number of aliphatic hydroxyl groups is 2. The van der Waals surface area contributed by atoms with Crippen LogP contribution < -0.4 is 0 Å². The molecule has 16 heavy (non-hydrogen) atoms. The predicted molar refractivity (Wildman–Crippen MR) is 57.8 cm³/mol. The topological polar surface area (TPSA) is 83.8 Å². The van der Waals surface area contributed by atoms with Crippen molar-refractivity contribution < 1.29 is 24.5 Å². The molecule has 1 atom stereocenters. The lowest BCUT2D eigenvalue weighted by Gasteiger charge is -2.06. The van der Waals surface area contributed by atoms with E-state index in [0.29, 0.717) is 6.42 Å². The van der Waals surface area contributed by atoms with E-state index in [-0.39, 0.29) is 19.0 Å². The minimum Gasteiger partial charge on any atom is -0.465 e. The zero-order valence-corrected chi connectivity index (χ0v) is 9.65. The first-order chi connectivity index (χ1) is 7.61. The highest BCUT2D eigenvalue weighted by Gasteiger charge is 2.13. The summed E-state index contributed by atoms with van der Waals surface area (Å²) in [6.07, 6.45) is 1.76. The second-order valence-corrected chi connectivity index (χ2v) is 3.59. The van der Waals surface area contributed by atoms with Gasteiger partial charge in [0, 0.05) is 12.8 Å².